The fraction of sp³-hybridized carbons (Fsp3) is 0.512. The molecular weight excluding hydrogens is 710 g/mol. The van der Waals surface area contributed by atoms with E-state index in [1.807, 2.05) is 66.7 Å². The number of nitrogens with one attached hydrogen (secondary N) is 1. The quantitative estimate of drug-likeness (QED) is 0.205. The first-order valence-electron chi connectivity index (χ1n) is 18.5. The molecule has 4 bridgehead atoms. The zero-order valence-corrected chi connectivity index (χ0v) is 31.5. The minimum absolute atomic E-state index is 0.0670. The molecule has 8 rings (SSSR count). The molecular formula is C41H50BrN3O4S. The van der Waals surface area contributed by atoms with Crippen LogP contribution in [-0.4, -0.2) is 50.0 Å². The highest BCUT2D eigenvalue weighted by Gasteiger charge is 2.51. The van der Waals surface area contributed by atoms with Crippen molar-refractivity contribution in [2.75, 3.05) is 17.1 Å². The van der Waals surface area contributed by atoms with Crippen molar-refractivity contribution >= 4 is 43.5 Å². The summed E-state index contributed by atoms with van der Waals surface area (Å²) >= 11 is 3.56. The van der Waals surface area contributed by atoms with Gasteiger partial charge < -0.3 is 10.2 Å². The molecule has 3 aromatic carbocycles. The van der Waals surface area contributed by atoms with Gasteiger partial charge >= 0.3 is 0 Å². The van der Waals surface area contributed by atoms with Crippen LogP contribution in [0.2, 0.25) is 0 Å². The summed E-state index contributed by atoms with van der Waals surface area (Å²) in [6.07, 6.45) is 14.4. The first-order valence-corrected chi connectivity index (χ1v) is 21.2. The maximum atomic E-state index is 14.6. The second-order valence-electron chi connectivity index (χ2n) is 15.7. The topological polar surface area (TPSA) is 86.8 Å². The van der Waals surface area contributed by atoms with E-state index >= 15 is 0 Å². The van der Waals surface area contributed by atoms with Gasteiger partial charge in [0.25, 0.3) is 0 Å². The number of sulfonamides is 1. The maximum absolute atomic E-state index is 14.6. The lowest BCUT2D eigenvalue weighted by Gasteiger charge is -2.57. The van der Waals surface area contributed by atoms with Crippen LogP contribution in [0.3, 0.4) is 0 Å². The Morgan fingerprint density at radius 1 is 0.840 bits per heavy atom. The lowest BCUT2D eigenvalue weighted by molar-refractivity contribution is -0.140. The van der Waals surface area contributed by atoms with Crippen LogP contribution < -0.4 is 9.62 Å². The van der Waals surface area contributed by atoms with E-state index in [-0.39, 0.29) is 23.9 Å². The molecule has 5 aliphatic carbocycles. The Kier molecular flexibility index (Phi) is 10.4. The second-order valence-corrected chi connectivity index (χ2v) is 18.5. The largest absolute Gasteiger partial charge is 0.352 e. The Balaban J connectivity index is 1.18. The van der Waals surface area contributed by atoms with Gasteiger partial charge in [0, 0.05) is 23.5 Å². The van der Waals surface area contributed by atoms with Crippen LogP contribution >= 0.6 is 15.9 Å². The number of halogens is 1. The van der Waals surface area contributed by atoms with Crippen molar-refractivity contribution in [1.29, 1.82) is 0 Å². The van der Waals surface area contributed by atoms with Gasteiger partial charge in [-0.25, -0.2) is 8.42 Å². The van der Waals surface area contributed by atoms with Crippen molar-refractivity contribution in [3.05, 3.63) is 100 Å². The summed E-state index contributed by atoms with van der Waals surface area (Å²) in [5, 5.41) is 3.27. The average Bonchev–Trinajstić information content (AvgIpc) is 3.08. The molecule has 5 fully saturated rings. The van der Waals surface area contributed by atoms with E-state index in [1.165, 1.54) is 48.4 Å². The second kappa shape index (κ2) is 14.8. The lowest BCUT2D eigenvalue weighted by Crippen LogP contribution is -2.55. The van der Waals surface area contributed by atoms with Crippen molar-refractivity contribution in [2.45, 2.75) is 101 Å². The number of amides is 2. The van der Waals surface area contributed by atoms with E-state index in [4.69, 9.17) is 0 Å². The molecule has 0 spiro atoms. The lowest BCUT2D eigenvalue weighted by atomic mass is 9.48. The average molecular weight is 761 g/mol. The monoisotopic (exact) mass is 759 g/mol. The highest BCUT2D eigenvalue weighted by Crippen LogP contribution is 2.60. The van der Waals surface area contributed by atoms with E-state index < -0.39 is 28.5 Å². The van der Waals surface area contributed by atoms with Crippen molar-refractivity contribution in [2.24, 2.45) is 17.8 Å². The molecule has 0 heterocycles. The summed E-state index contributed by atoms with van der Waals surface area (Å²) in [6, 6.07) is 24.7. The number of benzene rings is 3. The third-order valence-electron chi connectivity index (χ3n) is 11.9. The van der Waals surface area contributed by atoms with Gasteiger partial charge in [-0.2, -0.15) is 0 Å². The zero-order chi connectivity index (χ0) is 34.9. The fourth-order valence-electron chi connectivity index (χ4n) is 9.99. The molecule has 2 amide bonds. The molecule has 0 unspecified atom stereocenters. The molecule has 1 atom stereocenters. The molecule has 50 heavy (non-hydrogen) atoms. The van der Waals surface area contributed by atoms with Gasteiger partial charge in [0.1, 0.15) is 12.6 Å². The molecule has 0 saturated heterocycles. The number of nitrogens with zero attached hydrogens (tertiary/aromatic N) is 2. The van der Waals surface area contributed by atoms with Gasteiger partial charge in [0.15, 0.2) is 0 Å². The number of rotatable bonds is 12. The standard InChI is InChI=1S/C41H50BrN3O4S/c1-50(48,49)45(37-17-15-34(16-18-37)41-24-31-19-32(25-41)21-33(20-31)26-41)28-39(46)44(27-30-11-8-12-35(42)22-30)38(23-29-9-4-2-5-10-29)40(47)43-36-13-6-3-7-14-36/h2,4-5,8-12,15-18,22,31-33,36,38H,3,6-7,13-14,19-21,23-28H2,1H3,(H,43,47)/t31?,32?,33?,38-,41?/m1/s1. The summed E-state index contributed by atoms with van der Waals surface area (Å²) in [4.78, 5) is 30.4. The molecule has 5 aliphatic rings. The third-order valence-corrected chi connectivity index (χ3v) is 13.6. The molecule has 3 aromatic rings. The Bertz CT molecular complexity index is 1740. The van der Waals surface area contributed by atoms with Crippen molar-refractivity contribution < 1.29 is 18.0 Å². The Morgan fingerprint density at radius 3 is 2.06 bits per heavy atom. The van der Waals surface area contributed by atoms with E-state index in [0.717, 1.165) is 71.7 Å². The number of hydrogen-bond acceptors (Lipinski definition) is 4. The van der Waals surface area contributed by atoms with Crippen molar-refractivity contribution in [1.82, 2.24) is 10.2 Å². The first kappa shape index (κ1) is 35.2. The van der Waals surface area contributed by atoms with Crippen LogP contribution in [0.4, 0.5) is 5.69 Å². The van der Waals surface area contributed by atoms with Gasteiger partial charge in [0.05, 0.1) is 11.9 Å². The Hall–Kier alpha value is -3.17. The summed E-state index contributed by atoms with van der Waals surface area (Å²) in [5.74, 6) is 1.81. The highest BCUT2D eigenvalue weighted by molar-refractivity contribution is 9.10. The van der Waals surface area contributed by atoms with Crippen LogP contribution in [0.5, 0.6) is 0 Å². The summed E-state index contributed by atoms with van der Waals surface area (Å²) in [7, 11) is -3.83. The van der Waals surface area contributed by atoms with Crippen LogP contribution in [0.25, 0.3) is 0 Å². The van der Waals surface area contributed by atoms with Crippen molar-refractivity contribution in [3.8, 4) is 0 Å². The van der Waals surface area contributed by atoms with Gasteiger partial charge in [-0.1, -0.05) is 89.8 Å². The van der Waals surface area contributed by atoms with E-state index in [0.29, 0.717) is 12.1 Å². The van der Waals surface area contributed by atoms with Crippen LogP contribution in [0.15, 0.2) is 83.3 Å². The SMILES string of the molecule is CS(=O)(=O)N(CC(=O)N(Cc1cccc(Br)c1)[C@H](Cc1ccccc1)C(=O)NC1CCCCC1)c1ccc(C23CC4CC(CC(C4)C2)C3)cc1. The van der Waals surface area contributed by atoms with Gasteiger partial charge in [-0.15, -0.1) is 0 Å². The molecule has 0 aliphatic heterocycles. The molecule has 5 saturated carbocycles. The number of hydrogen-bond donors (Lipinski definition) is 1. The maximum Gasteiger partial charge on any atom is 0.244 e. The zero-order valence-electron chi connectivity index (χ0n) is 29.1. The van der Waals surface area contributed by atoms with Gasteiger partial charge in [-0.05, 0) is 115 Å². The molecule has 0 radical (unpaired) electrons. The third kappa shape index (κ3) is 7.99. The van der Waals surface area contributed by atoms with Crippen LogP contribution in [0, 0.1) is 17.8 Å². The minimum atomic E-state index is -3.83. The van der Waals surface area contributed by atoms with Crippen molar-refractivity contribution in [3.63, 3.8) is 0 Å². The molecule has 0 aromatic heterocycles. The minimum Gasteiger partial charge on any atom is -0.352 e. The normalized spacial score (nSPS) is 25.2. The van der Waals surface area contributed by atoms with Crippen LogP contribution in [0.1, 0.15) is 87.3 Å². The highest BCUT2D eigenvalue weighted by atomic mass is 79.9. The van der Waals surface area contributed by atoms with E-state index in [9.17, 15) is 18.0 Å². The van der Waals surface area contributed by atoms with Crippen LogP contribution in [-0.2, 0) is 38.0 Å². The van der Waals surface area contributed by atoms with Gasteiger partial charge in [-0.3, -0.25) is 13.9 Å². The Morgan fingerprint density at radius 2 is 1.46 bits per heavy atom. The molecule has 7 nitrogen and oxygen atoms in total. The number of carbonyl (C=O) groups excluding carboxylic acids is 2. The van der Waals surface area contributed by atoms with Gasteiger partial charge in [0.2, 0.25) is 21.8 Å². The predicted octanol–water partition coefficient (Wildman–Crippen LogP) is 7.77. The van der Waals surface area contributed by atoms with E-state index in [1.54, 1.807) is 4.90 Å². The summed E-state index contributed by atoms with van der Waals surface area (Å²) in [6.45, 7) is -0.234. The Labute approximate surface area is 306 Å². The predicted molar refractivity (Wildman–Crippen MR) is 202 cm³/mol. The summed E-state index contributed by atoms with van der Waals surface area (Å²) in [5.41, 5.74) is 3.75. The fourth-order valence-corrected chi connectivity index (χ4v) is 11.3. The number of anilines is 1. The summed E-state index contributed by atoms with van der Waals surface area (Å²) < 4.78 is 28.9. The smallest absolute Gasteiger partial charge is 0.244 e. The molecule has 266 valence electrons. The van der Waals surface area contributed by atoms with E-state index in [2.05, 4.69) is 33.4 Å². The molecule has 9 heteroatoms. The first-order chi connectivity index (χ1) is 24.0. The number of carbonyl (C=O) groups is 2. The molecule has 1 N–H and O–H groups in total.